The molecular weight excluding hydrogens is 188 g/mol. The molecule has 15 heavy (non-hydrogen) atoms. The van der Waals surface area contributed by atoms with Crippen LogP contribution in [0.3, 0.4) is 0 Å². The Labute approximate surface area is 93.6 Å². The maximum Gasteiger partial charge on any atom is 0.0590 e. The Bertz CT molecular complexity index is 200. The number of likely N-dealkylation sites (tertiary alicyclic amines) is 1. The minimum atomic E-state index is -0.125. The number of aliphatic hydroxyl groups is 1. The van der Waals surface area contributed by atoms with Gasteiger partial charge in [0.1, 0.15) is 0 Å². The number of piperidine rings is 1. The van der Waals surface area contributed by atoms with Crippen LogP contribution in [0.25, 0.3) is 0 Å². The molecule has 1 fully saturated rings. The van der Waals surface area contributed by atoms with Crippen molar-refractivity contribution in [1.29, 1.82) is 0 Å². The SMILES string of the molecule is CC1CN(C(CN)C(C)(C)C)CCC1O. The molecule has 90 valence electrons. The van der Waals surface area contributed by atoms with Crippen LogP contribution in [0.4, 0.5) is 0 Å². The van der Waals surface area contributed by atoms with Gasteiger partial charge in [-0.15, -0.1) is 0 Å². The highest BCUT2D eigenvalue weighted by atomic mass is 16.3. The molecule has 0 aromatic rings. The molecule has 0 aliphatic carbocycles. The van der Waals surface area contributed by atoms with Gasteiger partial charge in [-0.25, -0.2) is 0 Å². The lowest BCUT2D eigenvalue weighted by atomic mass is 9.83. The average molecular weight is 214 g/mol. The van der Waals surface area contributed by atoms with Gasteiger partial charge in [-0.3, -0.25) is 4.90 Å². The van der Waals surface area contributed by atoms with E-state index in [1.165, 1.54) is 0 Å². The highest BCUT2D eigenvalue weighted by molar-refractivity contribution is 4.88. The maximum atomic E-state index is 9.69. The van der Waals surface area contributed by atoms with Crippen molar-refractivity contribution in [3.05, 3.63) is 0 Å². The molecule has 3 N–H and O–H groups in total. The van der Waals surface area contributed by atoms with Crippen LogP contribution in [0.15, 0.2) is 0 Å². The van der Waals surface area contributed by atoms with E-state index in [1.807, 2.05) is 0 Å². The lowest BCUT2D eigenvalue weighted by molar-refractivity contribution is -0.00494. The molecule has 3 atom stereocenters. The zero-order valence-electron chi connectivity index (χ0n) is 10.5. The summed E-state index contributed by atoms with van der Waals surface area (Å²) in [6.07, 6.45) is 0.757. The van der Waals surface area contributed by atoms with Crippen LogP contribution in [0.2, 0.25) is 0 Å². The lowest BCUT2D eigenvalue weighted by Crippen LogP contribution is -2.54. The van der Waals surface area contributed by atoms with Crippen LogP contribution in [-0.4, -0.2) is 41.8 Å². The number of aliphatic hydroxyl groups excluding tert-OH is 1. The van der Waals surface area contributed by atoms with Gasteiger partial charge in [0.05, 0.1) is 6.10 Å². The molecule has 3 unspecified atom stereocenters. The first-order valence-corrected chi connectivity index (χ1v) is 5.98. The van der Waals surface area contributed by atoms with E-state index in [1.54, 1.807) is 0 Å². The van der Waals surface area contributed by atoms with Crippen molar-refractivity contribution in [2.75, 3.05) is 19.6 Å². The van der Waals surface area contributed by atoms with Crippen molar-refractivity contribution >= 4 is 0 Å². The second kappa shape index (κ2) is 4.81. The molecule has 3 nitrogen and oxygen atoms in total. The van der Waals surface area contributed by atoms with Crippen molar-refractivity contribution in [2.24, 2.45) is 17.1 Å². The first kappa shape index (κ1) is 12.9. The molecule has 0 spiro atoms. The summed E-state index contributed by atoms with van der Waals surface area (Å²) in [7, 11) is 0. The van der Waals surface area contributed by atoms with Crippen LogP contribution in [0, 0.1) is 11.3 Å². The third-order valence-corrected chi connectivity index (χ3v) is 3.56. The largest absolute Gasteiger partial charge is 0.393 e. The Morgan fingerprint density at radius 2 is 2.07 bits per heavy atom. The summed E-state index contributed by atoms with van der Waals surface area (Å²) in [5.41, 5.74) is 6.08. The van der Waals surface area contributed by atoms with Gasteiger partial charge in [-0.2, -0.15) is 0 Å². The minimum absolute atomic E-state index is 0.125. The van der Waals surface area contributed by atoms with Gasteiger partial charge in [0, 0.05) is 25.7 Å². The summed E-state index contributed by atoms with van der Waals surface area (Å²) in [6, 6.07) is 0.424. The van der Waals surface area contributed by atoms with Gasteiger partial charge in [0.15, 0.2) is 0 Å². The molecule has 1 aliphatic rings. The zero-order chi connectivity index (χ0) is 11.6. The fraction of sp³-hybridized carbons (Fsp3) is 1.00. The van der Waals surface area contributed by atoms with E-state index in [9.17, 15) is 5.11 Å². The van der Waals surface area contributed by atoms with Crippen molar-refractivity contribution in [2.45, 2.75) is 46.3 Å². The molecule has 0 saturated carbocycles. The Balaban J connectivity index is 2.63. The third-order valence-electron chi connectivity index (χ3n) is 3.56. The summed E-state index contributed by atoms with van der Waals surface area (Å²) in [4.78, 5) is 2.44. The molecule has 0 aromatic carbocycles. The van der Waals surface area contributed by atoms with Crippen molar-refractivity contribution in [3.63, 3.8) is 0 Å². The molecule has 1 saturated heterocycles. The van der Waals surface area contributed by atoms with Crippen LogP contribution >= 0.6 is 0 Å². The van der Waals surface area contributed by atoms with Gasteiger partial charge in [-0.05, 0) is 17.8 Å². The highest BCUT2D eigenvalue weighted by Gasteiger charge is 2.33. The van der Waals surface area contributed by atoms with Gasteiger partial charge in [0.2, 0.25) is 0 Å². The lowest BCUT2D eigenvalue weighted by Gasteiger charge is -2.44. The maximum absolute atomic E-state index is 9.69. The van der Waals surface area contributed by atoms with Crippen molar-refractivity contribution < 1.29 is 5.11 Å². The summed E-state index contributed by atoms with van der Waals surface area (Å²) >= 11 is 0. The first-order chi connectivity index (χ1) is 6.86. The second-order valence-corrected chi connectivity index (χ2v) is 5.95. The summed E-state index contributed by atoms with van der Waals surface area (Å²) in [5, 5.41) is 9.69. The summed E-state index contributed by atoms with van der Waals surface area (Å²) in [6.45, 7) is 11.5. The molecule has 3 heteroatoms. The molecule has 0 aromatic heterocycles. The minimum Gasteiger partial charge on any atom is -0.393 e. The smallest absolute Gasteiger partial charge is 0.0590 e. The molecule has 0 bridgehead atoms. The fourth-order valence-corrected chi connectivity index (χ4v) is 2.50. The van der Waals surface area contributed by atoms with Crippen LogP contribution in [0.1, 0.15) is 34.1 Å². The van der Waals surface area contributed by atoms with Crippen LogP contribution in [-0.2, 0) is 0 Å². The van der Waals surface area contributed by atoms with Crippen molar-refractivity contribution in [1.82, 2.24) is 4.90 Å². The number of nitrogens with two attached hydrogens (primary N) is 1. The normalized spacial score (nSPS) is 31.6. The molecular formula is C12H26N2O. The monoisotopic (exact) mass is 214 g/mol. The van der Waals surface area contributed by atoms with E-state index >= 15 is 0 Å². The van der Waals surface area contributed by atoms with Crippen LogP contribution in [0.5, 0.6) is 0 Å². The molecule has 0 amide bonds. The second-order valence-electron chi connectivity index (χ2n) is 5.95. The summed E-state index contributed by atoms with van der Waals surface area (Å²) in [5.74, 6) is 0.371. The number of hydrogen-bond donors (Lipinski definition) is 2. The Morgan fingerprint density at radius 3 is 2.47 bits per heavy atom. The average Bonchev–Trinajstić information content (AvgIpc) is 2.10. The predicted octanol–water partition coefficient (Wildman–Crippen LogP) is 1.06. The standard InChI is InChI=1S/C12H26N2O/c1-9-8-14(6-5-10(9)15)11(7-13)12(2,3)4/h9-11,15H,5-8,13H2,1-4H3. The van der Waals surface area contributed by atoms with E-state index in [0.717, 1.165) is 19.5 Å². The topological polar surface area (TPSA) is 49.5 Å². The number of rotatable bonds is 2. The van der Waals surface area contributed by atoms with E-state index in [0.29, 0.717) is 18.5 Å². The Morgan fingerprint density at radius 1 is 1.47 bits per heavy atom. The van der Waals surface area contributed by atoms with Gasteiger partial charge in [0.25, 0.3) is 0 Å². The van der Waals surface area contributed by atoms with E-state index in [2.05, 4.69) is 32.6 Å². The van der Waals surface area contributed by atoms with Gasteiger partial charge >= 0.3 is 0 Å². The van der Waals surface area contributed by atoms with E-state index in [-0.39, 0.29) is 11.5 Å². The molecule has 1 heterocycles. The van der Waals surface area contributed by atoms with E-state index in [4.69, 9.17) is 5.73 Å². The van der Waals surface area contributed by atoms with Crippen molar-refractivity contribution in [3.8, 4) is 0 Å². The third kappa shape index (κ3) is 3.16. The fourth-order valence-electron chi connectivity index (χ4n) is 2.50. The van der Waals surface area contributed by atoms with Gasteiger partial charge < -0.3 is 10.8 Å². The molecule has 1 aliphatic heterocycles. The first-order valence-electron chi connectivity index (χ1n) is 5.98. The quantitative estimate of drug-likeness (QED) is 0.723. The zero-order valence-corrected chi connectivity index (χ0v) is 10.5. The van der Waals surface area contributed by atoms with E-state index < -0.39 is 0 Å². The van der Waals surface area contributed by atoms with Gasteiger partial charge in [-0.1, -0.05) is 27.7 Å². The Kier molecular flexibility index (Phi) is 4.15. The summed E-state index contributed by atoms with van der Waals surface area (Å²) < 4.78 is 0. The highest BCUT2D eigenvalue weighted by Crippen LogP contribution is 2.27. The van der Waals surface area contributed by atoms with Crippen LogP contribution < -0.4 is 5.73 Å². The molecule has 1 rings (SSSR count). The number of hydrogen-bond acceptors (Lipinski definition) is 3. The predicted molar refractivity (Wildman–Crippen MR) is 63.7 cm³/mol. The number of nitrogens with zero attached hydrogens (tertiary/aromatic N) is 1. The molecule has 0 radical (unpaired) electrons. The Hall–Kier alpha value is -0.120.